The molecule has 17 nitrogen and oxygen atoms in total. The van der Waals surface area contributed by atoms with Crippen LogP contribution in [0.4, 0.5) is 5.69 Å². The number of nitrogens with zero attached hydrogens (tertiary/aromatic N) is 5. The van der Waals surface area contributed by atoms with Crippen LogP contribution in [0.1, 0.15) is 26.3 Å². The molecule has 7 N–H and O–H groups in total. The summed E-state index contributed by atoms with van der Waals surface area (Å²) in [5, 5.41) is 18.3. The second kappa shape index (κ2) is 27.6. The minimum Gasteiger partial charge on any atom is -0.379 e. The van der Waals surface area contributed by atoms with Crippen molar-refractivity contribution in [3.8, 4) is 0 Å². The first-order chi connectivity index (χ1) is 26.9. The van der Waals surface area contributed by atoms with Crippen molar-refractivity contribution in [3.05, 3.63) is 124 Å². The zero-order chi connectivity index (χ0) is 39.2. The van der Waals surface area contributed by atoms with Crippen LogP contribution >= 0.6 is 0 Å². The van der Waals surface area contributed by atoms with Crippen molar-refractivity contribution in [3.63, 3.8) is 0 Å². The summed E-state index contributed by atoms with van der Waals surface area (Å²) in [6, 6.07) is 25.9. The number of guanidine groups is 2. The summed E-state index contributed by atoms with van der Waals surface area (Å²) in [6.07, 6.45) is 0.712. The van der Waals surface area contributed by atoms with E-state index in [0.717, 1.165) is 5.56 Å². The number of hydrogen-bond donors (Lipinski definition) is 6. The maximum absolute atomic E-state index is 12.5. The molecule has 0 bridgehead atoms. The number of nitrogens with two attached hydrogens (primary N) is 1. The molecule has 55 heavy (non-hydrogen) atoms. The van der Waals surface area contributed by atoms with Crippen LogP contribution < -0.4 is 32.3 Å². The number of nitrogens with one attached hydrogen (secondary N) is 5. The van der Waals surface area contributed by atoms with Crippen LogP contribution in [-0.4, -0.2) is 109 Å². The van der Waals surface area contributed by atoms with Gasteiger partial charge in [0.25, 0.3) is 11.8 Å². The van der Waals surface area contributed by atoms with Gasteiger partial charge in [0.2, 0.25) is 5.96 Å². The highest BCUT2D eigenvalue weighted by atomic mass is 16.5. The largest absolute Gasteiger partial charge is 0.379 e. The van der Waals surface area contributed by atoms with Gasteiger partial charge >= 0.3 is 0 Å². The lowest BCUT2D eigenvalue weighted by atomic mass is 10.2. The van der Waals surface area contributed by atoms with Crippen LogP contribution in [0.25, 0.3) is 10.4 Å². The maximum Gasteiger partial charge on any atom is 0.251 e. The second-order valence-electron chi connectivity index (χ2n) is 11.4. The van der Waals surface area contributed by atoms with E-state index in [1.54, 1.807) is 36.4 Å². The Morgan fingerprint density at radius 3 is 1.80 bits per heavy atom. The van der Waals surface area contributed by atoms with E-state index in [1.807, 2.05) is 48.5 Å². The summed E-state index contributed by atoms with van der Waals surface area (Å²) in [6.45, 7) is 8.71. The first-order valence-corrected chi connectivity index (χ1v) is 17.9. The number of carbonyl (C=O) groups is 2. The predicted octanol–water partition coefficient (Wildman–Crippen LogP) is 3.20. The molecule has 0 aliphatic heterocycles. The number of carbonyl (C=O) groups excluding carboxylic acids is 2. The Morgan fingerprint density at radius 1 is 0.655 bits per heavy atom. The number of benzene rings is 3. The van der Waals surface area contributed by atoms with Crippen molar-refractivity contribution in [1.82, 2.24) is 21.3 Å². The van der Waals surface area contributed by atoms with Gasteiger partial charge in [-0.3, -0.25) is 24.9 Å². The van der Waals surface area contributed by atoms with Crippen molar-refractivity contribution < 1.29 is 28.5 Å². The van der Waals surface area contributed by atoms with Crippen LogP contribution in [0.15, 0.2) is 112 Å². The summed E-state index contributed by atoms with van der Waals surface area (Å²) in [5.41, 5.74) is 17.3. The molecule has 0 aromatic heterocycles. The fraction of sp³-hybridized carbons (Fsp3) is 0.368. The average molecular weight is 758 g/mol. The molecular weight excluding hydrogens is 706 g/mol. The number of amides is 2. The molecule has 0 saturated carbocycles. The molecule has 3 aromatic rings. The molecule has 17 heteroatoms. The number of ether oxygens (including phenoxy) is 4. The lowest BCUT2D eigenvalue weighted by Gasteiger charge is -2.16. The van der Waals surface area contributed by atoms with Gasteiger partial charge in [0.1, 0.15) is 5.82 Å². The zero-order valence-corrected chi connectivity index (χ0v) is 31.0. The first kappa shape index (κ1) is 43.4. The Hall–Kier alpha value is -5.97. The highest BCUT2D eigenvalue weighted by Crippen LogP contribution is 2.11. The van der Waals surface area contributed by atoms with E-state index in [4.69, 9.17) is 30.2 Å². The van der Waals surface area contributed by atoms with E-state index in [9.17, 15) is 9.59 Å². The first-order valence-electron chi connectivity index (χ1n) is 17.9. The molecule has 3 aromatic carbocycles. The predicted molar refractivity (Wildman–Crippen MR) is 213 cm³/mol. The van der Waals surface area contributed by atoms with Gasteiger partial charge in [0.05, 0.1) is 59.4 Å². The van der Waals surface area contributed by atoms with Crippen LogP contribution in [0.3, 0.4) is 0 Å². The molecule has 0 aliphatic carbocycles. The molecular formula is C38H51N11O6. The summed E-state index contributed by atoms with van der Waals surface area (Å²) in [4.78, 5) is 36.2. The van der Waals surface area contributed by atoms with Crippen molar-refractivity contribution in [1.29, 1.82) is 0 Å². The van der Waals surface area contributed by atoms with Crippen molar-refractivity contribution >= 4 is 29.4 Å². The van der Waals surface area contributed by atoms with Gasteiger partial charge < -0.3 is 45.9 Å². The molecule has 0 aliphatic rings. The topological polar surface area (TPSA) is 231 Å². The van der Waals surface area contributed by atoms with Crippen LogP contribution in [0.5, 0.6) is 0 Å². The van der Waals surface area contributed by atoms with Crippen LogP contribution in [-0.2, 0) is 25.4 Å². The highest BCUT2D eigenvalue weighted by molar-refractivity contribution is 5.98. The highest BCUT2D eigenvalue weighted by Gasteiger charge is 2.08. The minimum atomic E-state index is -0.232. The lowest BCUT2D eigenvalue weighted by Crippen LogP contribution is -2.45. The second-order valence-corrected chi connectivity index (χ2v) is 11.4. The molecule has 0 atom stereocenters. The Labute approximate surface area is 321 Å². The molecule has 0 radical (unpaired) electrons. The van der Waals surface area contributed by atoms with Crippen molar-refractivity contribution in [2.75, 3.05) is 90.9 Å². The van der Waals surface area contributed by atoms with E-state index in [2.05, 4.69) is 53.2 Å². The van der Waals surface area contributed by atoms with Crippen LogP contribution in [0, 0.1) is 0 Å². The molecule has 3 rings (SSSR count). The Balaban J connectivity index is 1.36. The van der Waals surface area contributed by atoms with Gasteiger partial charge in [-0.05, 0) is 53.9 Å². The van der Waals surface area contributed by atoms with E-state index < -0.39 is 0 Å². The fourth-order valence-corrected chi connectivity index (χ4v) is 4.56. The van der Waals surface area contributed by atoms with E-state index in [-0.39, 0.29) is 24.3 Å². The summed E-state index contributed by atoms with van der Waals surface area (Å²) < 4.78 is 21.8. The van der Waals surface area contributed by atoms with Gasteiger partial charge in [-0.2, -0.15) is 0 Å². The van der Waals surface area contributed by atoms with Gasteiger partial charge in [0, 0.05) is 47.9 Å². The molecule has 0 fully saturated rings. The minimum absolute atomic E-state index is 0.140. The summed E-state index contributed by atoms with van der Waals surface area (Å²) >= 11 is 0. The molecule has 0 heterocycles. The molecule has 0 unspecified atom stereocenters. The Kier molecular flexibility index (Phi) is 21.8. The summed E-state index contributed by atoms with van der Waals surface area (Å²) in [7, 11) is 0. The summed E-state index contributed by atoms with van der Waals surface area (Å²) in [5.74, 6) is 0.534. The fourth-order valence-electron chi connectivity index (χ4n) is 4.56. The van der Waals surface area contributed by atoms with Crippen molar-refractivity contribution in [2.45, 2.75) is 6.42 Å². The molecule has 0 spiro atoms. The van der Waals surface area contributed by atoms with Gasteiger partial charge in [-0.1, -0.05) is 60.2 Å². The normalized spacial score (nSPS) is 11.3. The monoisotopic (exact) mass is 757 g/mol. The molecule has 294 valence electrons. The van der Waals surface area contributed by atoms with Gasteiger partial charge in [0.15, 0.2) is 5.96 Å². The molecule has 0 saturated heterocycles. The Morgan fingerprint density at radius 2 is 1.20 bits per heavy atom. The van der Waals surface area contributed by atoms with E-state index >= 15 is 0 Å². The number of rotatable bonds is 26. The zero-order valence-electron chi connectivity index (χ0n) is 31.0. The standard InChI is InChI=1S/C38H51N11O6/c1-30(46-34-14-12-33(13-15-34)36(51)42-19-23-53-28-29-55-25-21-45-49-40)47-38(44-17-16-31-8-4-2-5-9-31)48-37(39)43-20-24-54-27-26-52-22-18-41-35(50)32-10-6-3-7-11-32/h2-15,46H,1,16-29H2,(H,41,50)(H,42,51)(H4,39,43,44,47,48). The third-order valence-corrected chi connectivity index (χ3v) is 7.23. The Bertz CT molecular complexity index is 1670. The number of aliphatic imine (C=N–C) groups is 2. The van der Waals surface area contributed by atoms with Crippen molar-refractivity contribution in [2.24, 2.45) is 20.8 Å². The molecule has 2 amide bonds. The maximum atomic E-state index is 12.5. The smallest absolute Gasteiger partial charge is 0.251 e. The third-order valence-electron chi connectivity index (χ3n) is 7.23. The quantitative estimate of drug-likeness (QED) is 0.0175. The van der Waals surface area contributed by atoms with E-state index in [0.29, 0.717) is 114 Å². The number of hydrogen-bond acceptors (Lipinski definition) is 10. The van der Waals surface area contributed by atoms with Crippen LogP contribution in [0.2, 0.25) is 0 Å². The van der Waals surface area contributed by atoms with Gasteiger partial charge in [-0.15, -0.1) is 0 Å². The number of anilines is 1. The SMILES string of the molecule is C=C(NC(=NCCc1ccccc1)NC(N)=NCCOCCOCCNC(=O)c1ccccc1)Nc1ccc(C(=O)NCCOCCOCCN=[N+]=[N-])cc1. The van der Waals surface area contributed by atoms with Gasteiger partial charge in [-0.25, -0.2) is 0 Å². The number of azide groups is 1. The van der Waals surface area contributed by atoms with E-state index in [1.165, 1.54) is 0 Å². The average Bonchev–Trinajstić information content (AvgIpc) is 3.20. The lowest BCUT2D eigenvalue weighted by molar-refractivity contribution is 0.0511. The third kappa shape index (κ3) is 20.2.